The molecule has 0 spiro atoms. The van der Waals surface area contributed by atoms with Crippen LogP contribution in [0.15, 0.2) is 113 Å². The van der Waals surface area contributed by atoms with Gasteiger partial charge >= 0.3 is 29.6 Å². The van der Waals surface area contributed by atoms with Gasteiger partial charge in [0.25, 0.3) is 30.4 Å². The van der Waals surface area contributed by atoms with E-state index in [-0.39, 0.29) is 87.2 Å². The molecule has 0 radical (unpaired) electrons. The number of fused-ring (bicyclic) bond motifs is 2. The van der Waals surface area contributed by atoms with Gasteiger partial charge < -0.3 is 51.2 Å². The quantitative estimate of drug-likeness (QED) is 0.0228. The molecule has 0 amide bonds. The third-order valence-corrected chi connectivity index (χ3v) is 12.6. The zero-order valence-electron chi connectivity index (χ0n) is 35.5. The maximum atomic E-state index is 12.3. The van der Waals surface area contributed by atoms with Gasteiger partial charge in [-0.1, -0.05) is 12.1 Å². The Hall–Kier alpha value is -5.64. The van der Waals surface area contributed by atoms with Crippen LogP contribution >= 0.6 is 0 Å². The van der Waals surface area contributed by atoms with Crippen molar-refractivity contribution >= 4 is 96.1 Å². The summed E-state index contributed by atoms with van der Waals surface area (Å²) < 4.78 is 148. The van der Waals surface area contributed by atoms with Gasteiger partial charge in [-0.05, 0) is 82.6 Å². The molecule has 6 aromatic rings. The first kappa shape index (κ1) is 55.0. The molecule has 0 aliphatic heterocycles. The average molecular weight is 1030 g/mol. The number of phenols is 2. The van der Waals surface area contributed by atoms with Crippen molar-refractivity contribution in [1.29, 1.82) is 0 Å². The second-order valence-corrected chi connectivity index (χ2v) is 19.2. The average Bonchev–Trinajstić information content (AvgIpc) is 3.24. The number of hydrogen-bond donors (Lipinski definition) is 10. The molecule has 30 heteroatoms. The van der Waals surface area contributed by atoms with E-state index in [1.54, 1.807) is 0 Å². The predicted molar refractivity (Wildman–Crippen MR) is 238 cm³/mol. The van der Waals surface area contributed by atoms with E-state index >= 15 is 0 Å². The van der Waals surface area contributed by atoms with Crippen LogP contribution in [-0.4, -0.2) is 113 Å². The Morgan fingerprint density at radius 3 is 1.29 bits per heavy atom. The Labute approximate surface area is 409 Å². The molecule has 0 saturated heterocycles. The van der Waals surface area contributed by atoms with E-state index in [2.05, 4.69) is 25.8 Å². The molecule has 358 valence electrons. The van der Waals surface area contributed by atoms with E-state index < -0.39 is 94.3 Å². The normalized spacial score (nSPS) is 12.3. The Balaban J connectivity index is 0.00000117. The van der Waals surface area contributed by atoms with E-state index in [0.717, 1.165) is 30.3 Å². The number of hydrogen-bond acceptors (Lipinski definition) is 22. The molecule has 12 N–H and O–H groups in total. The number of benzene rings is 6. The van der Waals surface area contributed by atoms with Crippen molar-refractivity contribution in [3.63, 3.8) is 0 Å². The number of rotatable bonds is 15. The third-order valence-electron chi connectivity index (χ3n) is 9.24. The zero-order valence-corrected chi connectivity index (χ0v) is 40.7. The summed E-state index contributed by atoms with van der Waals surface area (Å²) in [6.45, 7) is 1.42. The van der Waals surface area contributed by atoms with Gasteiger partial charge in [0.15, 0.2) is 11.5 Å². The number of nitrogens with two attached hydrogens (primary N) is 2. The van der Waals surface area contributed by atoms with Crippen molar-refractivity contribution in [2.45, 2.75) is 19.6 Å². The molecule has 25 nitrogen and oxygen atoms in total. The minimum atomic E-state index is -5.38. The number of ether oxygens (including phenoxy) is 2. The van der Waals surface area contributed by atoms with E-state index in [4.69, 9.17) is 31.2 Å². The van der Waals surface area contributed by atoms with Crippen molar-refractivity contribution in [2.75, 3.05) is 52.0 Å². The van der Waals surface area contributed by atoms with Crippen molar-refractivity contribution in [2.24, 2.45) is 20.5 Å². The molecule has 0 aliphatic rings. The molecule has 0 fully saturated rings. The van der Waals surface area contributed by atoms with Gasteiger partial charge in [0, 0.05) is 35.2 Å². The van der Waals surface area contributed by atoms with Crippen LogP contribution in [-0.2, 0) is 40.5 Å². The number of aromatic hydroxyl groups is 2. The van der Waals surface area contributed by atoms with Crippen LogP contribution in [0.1, 0.15) is 0 Å². The number of nitrogens with zero attached hydrogens (tertiary/aromatic N) is 4. The fourth-order valence-corrected chi connectivity index (χ4v) is 8.64. The van der Waals surface area contributed by atoms with Gasteiger partial charge in [-0.3, -0.25) is 13.7 Å². The van der Waals surface area contributed by atoms with Gasteiger partial charge in [0.2, 0.25) is 0 Å². The molecule has 0 saturated carbocycles. The summed E-state index contributed by atoms with van der Waals surface area (Å²) >= 11 is 0. The summed E-state index contributed by atoms with van der Waals surface area (Å²) in [5.41, 5.74) is 10.3. The molecule has 68 heavy (non-hydrogen) atoms. The van der Waals surface area contributed by atoms with Crippen LogP contribution in [0.25, 0.3) is 32.7 Å². The van der Waals surface area contributed by atoms with Gasteiger partial charge in [-0.2, -0.15) is 25.3 Å². The van der Waals surface area contributed by atoms with Gasteiger partial charge in [0.05, 0.1) is 42.1 Å². The van der Waals surface area contributed by atoms with E-state index in [0.29, 0.717) is 30.3 Å². The number of anilines is 2. The van der Waals surface area contributed by atoms with Crippen molar-refractivity contribution < 1.29 is 111 Å². The topological polar surface area (TPSA) is 433 Å². The first-order valence-electron chi connectivity index (χ1n) is 18.4. The molecule has 0 aromatic heterocycles. The number of nitrogen functional groups attached to an aromatic ring is 2. The SMILES string of the molecule is COc1cc(-c2ccc(N=Nc3c(S(=O)(=O)O)cc4cc(S(=O)(=O)O)cc(N)c4c3O)c(OC)c2)ccc1N=Nc1c(S(=O)(=O)[O-])cc2cc(S(=O)(=O)O)cc(N)c2c1O.OCCNCCO.[Na+]. The standard InChI is InChI=1S/C34H28N6O16S4.C4H11NO2.Na/c1-55-25-9-15(3-5-23(25)37-39-31-27(59(49,50)51)11-17-7-19(57(43,44)45)13-21(35)29(17)33(31)41)16-4-6-24(26(10-16)56-2)38-40-32-28(60(52,53)54)12-18-8-20(58(46,47)48)14-22(36)30(18)34(32)42;6-3-1-5-2-4-7;/h3-14,41-42H,35-36H2,1-2H3,(H,43,44,45)(H,46,47,48)(H,49,50,51)(H,52,53,54);5-7H,1-4H2;/q;;+1/p-1. The summed E-state index contributed by atoms with van der Waals surface area (Å²) in [4.78, 5) is -3.53. The fourth-order valence-electron chi connectivity index (χ4n) is 6.23. The van der Waals surface area contributed by atoms with Gasteiger partial charge in [0.1, 0.15) is 49.3 Å². The number of nitrogens with one attached hydrogen (secondary N) is 1. The first-order chi connectivity index (χ1) is 31.2. The molecule has 6 rings (SSSR count). The van der Waals surface area contributed by atoms with E-state index in [1.165, 1.54) is 50.6 Å². The van der Waals surface area contributed by atoms with E-state index in [9.17, 15) is 62.1 Å². The summed E-state index contributed by atoms with van der Waals surface area (Å²) in [6.07, 6.45) is 0. The molecule has 0 heterocycles. The minimum absolute atomic E-state index is 0. The number of azo groups is 2. The first-order valence-corrected chi connectivity index (χ1v) is 24.2. The number of aliphatic hydroxyl groups excluding tert-OH is 2. The van der Waals surface area contributed by atoms with Gasteiger partial charge in [-0.25, -0.2) is 8.42 Å². The largest absolute Gasteiger partial charge is 1.00 e. The number of aliphatic hydroxyl groups is 2. The third kappa shape index (κ3) is 12.5. The molecule has 0 bridgehead atoms. The smallest absolute Gasteiger partial charge is 0.744 e. The summed E-state index contributed by atoms with van der Waals surface area (Å²) in [5, 5.41) is 55.5. The van der Waals surface area contributed by atoms with Crippen LogP contribution in [0.3, 0.4) is 0 Å². The maximum absolute atomic E-state index is 12.3. The number of methoxy groups -OCH3 is 2. The minimum Gasteiger partial charge on any atom is -0.744 e. The molecule has 0 aliphatic carbocycles. The zero-order chi connectivity index (χ0) is 49.8. The van der Waals surface area contributed by atoms with E-state index in [1.807, 2.05) is 0 Å². The van der Waals surface area contributed by atoms with Crippen molar-refractivity contribution in [3.8, 4) is 34.1 Å². The maximum Gasteiger partial charge on any atom is 1.00 e. The number of phenolic OH excluding ortho intramolecular Hbond substituents is 2. The molecule has 6 aromatic carbocycles. The van der Waals surface area contributed by atoms with Crippen LogP contribution in [0.2, 0.25) is 0 Å². The second kappa shape index (κ2) is 21.8. The van der Waals surface area contributed by atoms with Crippen molar-refractivity contribution in [3.05, 3.63) is 72.8 Å². The van der Waals surface area contributed by atoms with Crippen LogP contribution < -0.4 is 55.8 Å². The fraction of sp³-hybridized carbons (Fsp3) is 0.158. The predicted octanol–water partition coefficient (Wildman–Crippen LogP) is 1.29. The van der Waals surface area contributed by atoms with Crippen LogP contribution in [0.5, 0.6) is 23.0 Å². The van der Waals surface area contributed by atoms with Crippen LogP contribution in [0, 0.1) is 0 Å². The monoisotopic (exact) mass is 1030 g/mol. The Morgan fingerprint density at radius 1 is 0.574 bits per heavy atom. The summed E-state index contributed by atoms with van der Waals surface area (Å²) in [6, 6.07) is 13.4. The second-order valence-electron chi connectivity index (χ2n) is 13.6. The molecule has 0 unspecified atom stereocenters. The van der Waals surface area contributed by atoms with Gasteiger partial charge in [-0.15, -0.1) is 20.5 Å². The summed E-state index contributed by atoms with van der Waals surface area (Å²) in [7, 11) is -17.6. The Bertz CT molecular complexity index is 3220. The molecular formula is C38H38N7NaO18S4. The molecular weight excluding hydrogens is 994 g/mol. The van der Waals surface area contributed by atoms with Crippen LogP contribution in [0.4, 0.5) is 34.1 Å². The Morgan fingerprint density at radius 2 is 0.956 bits per heavy atom. The Kier molecular flexibility index (Phi) is 17.6. The molecule has 0 atom stereocenters. The summed E-state index contributed by atoms with van der Waals surface area (Å²) in [5.74, 6) is -1.75. The van der Waals surface area contributed by atoms with Crippen molar-refractivity contribution in [1.82, 2.24) is 5.32 Å².